The first-order valence-corrected chi connectivity index (χ1v) is 11.4. The van der Waals surface area contributed by atoms with Gasteiger partial charge < -0.3 is 0 Å². The van der Waals surface area contributed by atoms with Crippen molar-refractivity contribution in [1.82, 2.24) is 0 Å². The van der Waals surface area contributed by atoms with Gasteiger partial charge in [0.25, 0.3) is 0 Å². The van der Waals surface area contributed by atoms with Crippen LogP contribution in [0, 0.1) is 27.7 Å². The second kappa shape index (κ2) is 9.71. The third-order valence-corrected chi connectivity index (χ3v) is 5.72. The van der Waals surface area contributed by atoms with Gasteiger partial charge in [-0.2, -0.15) is 0 Å². The van der Waals surface area contributed by atoms with Gasteiger partial charge in [-0.1, -0.05) is 36.4 Å². The summed E-state index contributed by atoms with van der Waals surface area (Å²) in [6, 6.07) is 17.5. The lowest BCUT2D eigenvalue weighted by Gasteiger charge is -2.02. The average Bonchev–Trinajstić information content (AvgIpc) is 2.69. The summed E-state index contributed by atoms with van der Waals surface area (Å²) in [7, 11) is -4.81. The van der Waals surface area contributed by atoms with Crippen LogP contribution in [0.15, 0.2) is 60.7 Å². The van der Waals surface area contributed by atoms with Crippen molar-refractivity contribution >= 4 is 16.5 Å². The van der Waals surface area contributed by atoms with Crippen LogP contribution in [0.4, 0.5) is 0 Å². The molecule has 0 aliphatic heterocycles. The van der Waals surface area contributed by atoms with Gasteiger partial charge in [0.1, 0.15) is 0 Å². The van der Waals surface area contributed by atoms with Crippen molar-refractivity contribution in [2.24, 2.45) is 0 Å². The standard InChI is InChI=1S/C22H22O6P2/c1-15-7-5-8-16(2)21(15)27-29(23)25-19-11-13-20(14-12-19)26-30(24)28-22-17(3)9-6-10-18(22)4/h5-14H,1-4H3/q+2. The highest BCUT2D eigenvalue weighted by Gasteiger charge is 2.28. The van der Waals surface area contributed by atoms with Gasteiger partial charge in [0.2, 0.25) is 0 Å². The molecule has 0 amide bonds. The molecule has 3 rings (SSSR count). The Labute approximate surface area is 177 Å². The van der Waals surface area contributed by atoms with Crippen molar-refractivity contribution in [2.75, 3.05) is 0 Å². The van der Waals surface area contributed by atoms with E-state index < -0.39 is 16.5 Å². The van der Waals surface area contributed by atoms with E-state index in [0.717, 1.165) is 22.3 Å². The third kappa shape index (κ3) is 5.56. The zero-order chi connectivity index (χ0) is 21.7. The second-order valence-electron chi connectivity index (χ2n) is 6.73. The van der Waals surface area contributed by atoms with Gasteiger partial charge in [-0.25, -0.2) is 18.1 Å². The molecule has 8 heteroatoms. The highest BCUT2D eigenvalue weighted by molar-refractivity contribution is 7.34. The average molecular weight is 444 g/mol. The zero-order valence-corrected chi connectivity index (χ0v) is 18.9. The molecule has 0 aromatic heterocycles. The molecule has 6 nitrogen and oxygen atoms in total. The molecule has 2 atom stereocenters. The maximum Gasteiger partial charge on any atom is 0.805 e. The Morgan fingerprint density at radius 3 is 1.10 bits per heavy atom. The topological polar surface area (TPSA) is 71.1 Å². The van der Waals surface area contributed by atoms with Crippen molar-refractivity contribution in [3.63, 3.8) is 0 Å². The maximum absolute atomic E-state index is 12.2. The van der Waals surface area contributed by atoms with Crippen LogP contribution in [0.5, 0.6) is 23.0 Å². The molecular formula is C22H22O6P2+2. The Kier molecular flexibility index (Phi) is 7.04. The van der Waals surface area contributed by atoms with Crippen LogP contribution in [0.1, 0.15) is 22.3 Å². The zero-order valence-electron chi connectivity index (χ0n) is 17.1. The van der Waals surface area contributed by atoms with E-state index in [1.54, 1.807) is 24.3 Å². The predicted octanol–water partition coefficient (Wildman–Crippen LogP) is 7.15. The fourth-order valence-corrected chi connectivity index (χ4v) is 4.34. The molecule has 0 aliphatic carbocycles. The van der Waals surface area contributed by atoms with Crippen molar-refractivity contribution in [3.8, 4) is 23.0 Å². The van der Waals surface area contributed by atoms with Gasteiger partial charge in [-0.15, -0.1) is 0 Å². The summed E-state index contributed by atoms with van der Waals surface area (Å²) < 4.78 is 46.0. The van der Waals surface area contributed by atoms with Gasteiger partial charge in [-0.3, -0.25) is 0 Å². The molecule has 0 radical (unpaired) electrons. The SMILES string of the molecule is Cc1cccc(C)c1O[P+](=O)Oc1ccc(O[P+](=O)Oc2c(C)cccc2C)cc1. The largest absolute Gasteiger partial charge is 0.805 e. The first-order chi connectivity index (χ1) is 14.3. The molecule has 0 N–H and O–H groups in total. The highest BCUT2D eigenvalue weighted by atomic mass is 31.1. The van der Waals surface area contributed by atoms with Gasteiger partial charge in [0.15, 0.2) is 23.0 Å². The fourth-order valence-electron chi connectivity index (χ4n) is 2.81. The first-order valence-electron chi connectivity index (χ1n) is 9.22. The van der Waals surface area contributed by atoms with Crippen molar-refractivity contribution in [1.29, 1.82) is 0 Å². The molecule has 0 spiro atoms. The summed E-state index contributed by atoms with van der Waals surface area (Å²) in [5.41, 5.74) is 3.49. The van der Waals surface area contributed by atoms with Crippen LogP contribution >= 0.6 is 16.5 Å². The molecule has 30 heavy (non-hydrogen) atoms. The Hall–Kier alpha value is -2.94. The first kappa shape index (κ1) is 21.8. The molecule has 0 saturated heterocycles. The summed E-state index contributed by atoms with van der Waals surface area (Å²) in [5.74, 6) is 1.75. The summed E-state index contributed by atoms with van der Waals surface area (Å²) in [6.07, 6.45) is 0. The van der Waals surface area contributed by atoms with Crippen LogP contribution in [-0.2, 0) is 9.13 Å². The predicted molar refractivity (Wildman–Crippen MR) is 116 cm³/mol. The Bertz CT molecular complexity index is 952. The Balaban J connectivity index is 1.58. The van der Waals surface area contributed by atoms with Crippen LogP contribution in [0.2, 0.25) is 0 Å². The summed E-state index contributed by atoms with van der Waals surface area (Å²) in [6.45, 7) is 7.50. The van der Waals surface area contributed by atoms with Gasteiger partial charge in [0.05, 0.1) is 0 Å². The molecule has 2 unspecified atom stereocenters. The summed E-state index contributed by atoms with van der Waals surface area (Å²) in [4.78, 5) is 0. The van der Waals surface area contributed by atoms with E-state index in [0.29, 0.717) is 23.0 Å². The minimum absolute atomic E-state index is 0.334. The summed E-state index contributed by atoms with van der Waals surface area (Å²) in [5, 5.41) is 0. The number of para-hydroxylation sites is 2. The van der Waals surface area contributed by atoms with E-state index in [1.165, 1.54) is 0 Å². The number of rotatable bonds is 8. The molecule has 0 heterocycles. The highest BCUT2D eigenvalue weighted by Crippen LogP contribution is 2.37. The number of aryl methyl sites for hydroxylation is 4. The minimum atomic E-state index is -2.41. The van der Waals surface area contributed by atoms with Gasteiger partial charge >= 0.3 is 16.5 Å². The molecule has 0 aliphatic rings. The molecule has 3 aromatic carbocycles. The van der Waals surface area contributed by atoms with Gasteiger partial charge in [0, 0.05) is 9.13 Å². The van der Waals surface area contributed by atoms with Crippen molar-refractivity contribution < 1.29 is 27.2 Å². The normalized spacial score (nSPS) is 11.5. The van der Waals surface area contributed by atoms with E-state index in [2.05, 4.69) is 0 Å². The lowest BCUT2D eigenvalue weighted by molar-refractivity contribution is 0.408. The van der Waals surface area contributed by atoms with Crippen molar-refractivity contribution in [3.05, 3.63) is 82.9 Å². The van der Waals surface area contributed by atoms with Crippen molar-refractivity contribution in [2.45, 2.75) is 27.7 Å². The number of hydrogen-bond acceptors (Lipinski definition) is 6. The van der Waals surface area contributed by atoms with Crippen LogP contribution in [0.3, 0.4) is 0 Å². The van der Waals surface area contributed by atoms with Gasteiger partial charge in [-0.05, 0) is 74.2 Å². The van der Waals surface area contributed by atoms with E-state index in [1.807, 2.05) is 64.1 Å². The quantitative estimate of drug-likeness (QED) is 0.344. The van der Waals surface area contributed by atoms with E-state index in [9.17, 15) is 9.13 Å². The number of benzene rings is 3. The molecule has 3 aromatic rings. The lowest BCUT2D eigenvalue weighted by Crippen LogP contribution is -1.94. The molecule has 0 saturated carbocycles. The smallest absolute Gasteiger partial charge is 0.222 e. The second-order valence-corrected chi connectivity index (χ2v) is 8.35. The molecule has 154 valence electrons. The van der Waals surface area contributed by atoms with E-state index in [4.69, 9.17) is 18.1 Å². The fraction of sp³-hybridized carbons (Fsp3) is 0.182. The lowest BCUT2D eigenvalue weighted by atomic mass is 10.1. The molecule has 0 bridgehead atoms. The monoisotopic (exact) mass is 444 g/mol. The summed E-state index contributed by atoms with van der Waals surface area (Å²) >= 11 is 0. The number of hydrogen-bond donors (Lipinski definition) is 0. The van der Waals surface area contributed by atoms with E-state index in [-0.39, 0.29) is 0 Å². The third-order valence-electron chi connectivity index (χ3n) is 4.33. The van der Waals surface area contributed by atoms with Crippen LogP contribution < -0.4 is 18.1 Å². The Morgan fingerprint density at radius 2 is 0.800 bits per heavy atom. The molecular weight excluding hydrogens is 422 g/mol. The van der Waals surface area contributed by atoms with Crippen LogP contribution in [0.25, 0.3) is 0 Å². The Morgan fingerprint density at radius 1 is 0.500 bits per heavy atom. The van der Waals surface area contributed by atoms with Crippen LogP contribution in [-0.4, -0.2) is 0 Å². The molecule has 0 fully saturated rings. The maximum atomic E-state index is 12.2. The van der Waals surface area contributed by atoms with E-state index >= 15 is 0 Å². The minimum Gasteiger partial charge on any atom is -0.222 e.